The Balaban J connectivity index is 1.23. The highest BCUT2D eigenvalue weighted by molar-refractivity contribution is 6.29. The van der Waals surface area contributed by atoms with Gasteiger partial charge in [-0.25, -0.2) is 4.39 Å². The topological polar surface area (TPSA) is 46.1 Å². The lowest BCUT2D eigenvalue weighted by Gasteiger charge is -2.31. The molecule has 2 atom stereocenters. The fraction of sp³-hybridized carbons (Fsp3) is 0.476. The van der Waals surface area contributed by atoms with Gasteiger partial charge in [0.2, 0.25) is 5.91 Å². The Morgan fingerprint density at radius 1 is 1.26 bits per heavy atom. The summed E-state index contributed by atoms with van der Waals surface area (Å²) in [6, 6.07) is 9.04. The summed E-state index contributed by atoms with van der Waals surface area (Å²) in [6.45, 7) is 1.45. The first kappa shape index (κ1) is 17.1. The monoisotopic (exact) mass is 385 g/mol. The first-order valence-electron chi connectivity index (χ1n) is 9.61. The molecule has 0 radical (unpaired) electrons. The molecule has 0 spiro atoms. The second-order valence-electron chi connectivity index (χ2n) is 8.20. The number of carbonyl (C=O) groups excluding carboxylic acids is 1. The molecule has 1 aromatic heterocycles. The van der Waals surface area contributed by atoms with Gasteiger partial charge >= 0.3 is 0 Å². The van der Waals surface area contributed by atoms with Crippen molar-refractivity contribution in [3.05, 3.63) is 58.1 Å². The summed E-state index contributed by atoms with van der Waals surface area (Å²) in [7, 11) is 0. The number of hydrogen-bond donors (Lipinski definition) is 0. The van der Waals surface area contributed by atoms with E-state index >= 15 is 0 Å². The van der Waals surface area contributed by atoms with Crippen molar-refractivity contribution in [2.75, 3.05) is 13.1 Å². The molecular weight excluding hydrogens is 365 g/mol. The zero-order valence-corrected chi connectivity index (χ0v) is 15.8. The minimum Gasteiger partial charge on any atom is -0.342 e. The van der Waals surface area contributed by atoms with Crippen molar-refractivity contribution in [3.63, 3.8) is 0 Å². The number of benzene rings is 1. The predicted octanol–water partition coefficient (Wildman–Crippen LogP) is 3.88. The fourth-order valence-corrected chi connectivity index (χ4v) is 4.66. The first-order chi connectivity index (χ1) is 13.0. The maximum Gasteiger partial charge on any atom is 0.227 e. The van der Waals surface area contributed by atoms with Gasteiger partial charge in [0.1, 0.15) is 5.82 Å². The largest absolute Gasteiger partial charge is 0.342 e. The van der Waals surface area contributed by atoms with Gasteiger partial charge in [0.05, 0.1) is 12.1 Å². The fourth-order valence-electron chi connectivity index (χ4n) is 4.56. The van der Waals surface area contributed by atoms with E-state index in [2.05, 4.69) is 10.2 Å². The van der Waals surface area contributed by atoms with E-state index < -0.39 is 0 Å². The van der Waals surface area contributed by atoms with E-state index in [1.165, 1.54) is 0 Å². The van der Waals surface area contributed by atoms with Crippen LogP contribution in [0.4, 0.5) is 4.39 Å². The van der Waals surface area contributed by atoms with E-state index in [0.717, 1.165) is 49.0 Å². The molecule has 1 aromatic carbocycles. The van der Waals surface area contributed by atoms with Crippen LogP contribution in [0.3, 0.4) is 0 Å². The van der Waals surface area contributed by atoms with E-state index in [-0.39, 0.29) is 23.6 Å². The van der Waals surface area contributed by atoms with Crippen molar-refractivity contribution < 1.29 is 9.18 Å². The molecule has 5 rings (SSSR count). The SMILES string of the molecule is O=C(Cc1ccc(C2CC2)c(F)c1)N1CCC2(c3ccc(Cl)nn3)CC2C1. The van der Waals surface area contributed by atoms with Crippen LogP contribution < -0.4 is 0 Å². The van der Waals surface area contributed by atoms with E-state index in [1.54, 1.807) is 12.1 Å². The van der Waals surface area contributed by atoms with Gasteiger partial charge in [-0.2, -0.15) is 5.10 Å². The first-order valence-corrected chi connectivity index (χ1v) is 9.99. The average molecular weight is 386 g/mol. The number of piperidine rings is 1. The number of aromatic nitrogens is 2. The van der Waals surface area contributed by atoms with Crippen molar-refractivity contribution in [2.24, 2.45) is 5.92 Å². The second kappa shape index (κ2) is 6.26. The van der Waals surface area contributed by atoms with Crippen LogP contribution in [0, 0.1) is 11.7 Å². The van der Waals surface area contributed by atoms with Crippen molar-refractivity contribution in [2.45, 2.75) is 43.4 Å². The molecule has 4 nitrogen and oxygen atoms in total. The Bertz CT molecular complexity index is 899. The Hall–Kier alpha value is -2.01. The van der Waals surface area contributed by atoms with E-state index in [0.29, 0.717) is 23.5 Å². The number of carbonyl (C=O) groups is 1. The molecule has 2 unspecified atom stereocenters. The summed E-state index contributed by atoms with van der Waals surface area (Å²) in [4.78, 5) is 14.6. The molecule has 0 bridgehead atoms. The van der Waals surface area contributed by atoms with Gasteiger partial charge in [0.15, 0.2) is 5.15 Å². The molecule has 27 heavy (non-hydrogen) atoms. The third kappa shape index (κ3) is 3.12. The number of likely N-dealkylation sites (tertiary alicyclic amines) is 1. The molecule has 1 saturated heterocycles. The van der Waals surface area contributed by atoms with Crippen LogP contribution in [-0.2, 0) is 16.6 Å². The van der Waals surface area contributed by atoms with Gasteiger partial charge in [-0.15, -0.1) is 5.10 Å². The third-order valence-electron chi connectivity index (χ3n) is 6.43. The summed E-state index contributed by atoms with van der Waals surface area (Å²) >= 11 is 5.84. The number of fused-ring (bicyclic) bond motifs is 1. The van der Waals surface area contributed by atoms with Crippen LogP contribution in [0.2, 0.25) is 5.15 Å². The molecule has 2 aromatic rings. The van der Waals surface area contributed by atoms with Crippen LogP contribution in [-0.4, -0.2) is 34.1 Å². The van der Waals surface area contributed by atoms with E-state index in [1.807, 2.05) is 23.1 Å². The smallest absolute Gasteiger partial charge is 0.227 e. The molecule has 140 valence electrons. The van der Waals surface area contributed by atoms with Crippen LogP contribution in [0.1, 0.15) is 48.4 Å². The van der Waals surface area contributed by atoms with Gasteiger partial charge < -0.3 is 4.90 Å². The summed E-state index contributed by atoms with van der Waals surface area (Å²) in [6.07, 6.45) is 4.35. The van der Waals surface area contributed by atoms with E-state index in [4.69, 9.17) is 11.6 Å². The normalized spacial score (nSPS) is 26.6. The minimum atomic E-state index is -0.163. The van der Waals surface area contributed by atoms with Gasteiger partial charge in [-0.1, -0.05) is 23.7 Å². The molecule has 2 heterocycles. The van der Waals surface area contributed by atoms with Gasteiger partial charge in [-0.3, -0.25) is 4.79 Å². The summed E-state index contributed by atoms with van der Waals surface area (Å²) in [5.74, 6) is 0.732. The highest BCUT2D eigenvalue weighted by Gasteiger charge is 2.59. The van der Waals surface area contributed by atoms with Gasteiger partial charge in [0.25, 0.3) is 0 Å². The Morgan fingerprint density at radius 3 is 2.78 bits per heavy atom. The summed E-state index contributed by atoms with van der Waals surface area (Å²) < 4.78 is 14.2. The zero-order chi connectivity index (χ0) is 18.6. The minimum absolute atomic E-state index is 0.0619. The molecule has 0 N–H and O–H groups in total. The van der Waals surface area contributed by atoms with Crippen LogP contribution in [0.15, 0.2) is 30.3 Å². The molecule has 2 aliphatic carbocycles. The van der Waals surface area contributed by atoms with Crippen LogP contribution >= 0.6 is 11.6 Å². The molecule has 3 aliphatic rings. The molecule has 1 amide bonds. The maximum absolute atomic E-state index is 14.2. The predicted molar refractivity (Wildman–Crippen MR) is 100 cm³/mol. The number of rotatable bonds is 4. The molecule has 2 saturated carbocycles. The quantitative estimate of drug-likeness (QED) is 0.802. The molecule has 3 fully saturated rings. The highest BCUT2D eigenvalue weighted by Crippen LogP contribution is 2.58. The van der Waals surface area contributed by atoms with Gasteiger partial charge in [-0.05, 0) is 66.8 Å². The Labute approximate surface area is 162 Å². The Morgan fingerprint density at radius 2 is 2.11 bits per heavy atom. The van der Waals surface area contributed by atoms with Crippen molar-refractivity contribution in [3.8, 4) is 0 Å². The second-order valence-corrected chi connectivity index (χ2v) is 8.58. The van der Waals surface area contributed by atoms with Crippen molar-refractivity contribution in [1.82, 2.24) is 15.1 Å². The third-order valence-corrected chi connectivity index (χ3v) is 6.63. The number of hydrogen-bond acceptors (Lipinski definition) is 3. The number of amides is 1. The lowest BCUT2D eigenvalue weighted by atomic mass is 9.91. The summed E-state index contributed by atoms with van der Waals surface area (Å²) in [5, 5.41) is 8.63. The number of nitrogens with zero attached hydrogens (tertiary/aromatic N) is 3. The lowest BCUT2D eigenvalue weighted by molar-refractivity contribution is -0.131. The molecule has 1 aliphatic heterocycles. The average Bonchev–Trinajstić information content (AvgIpc) is 3.56. The van der Waals surface area contributed by atoms with E-state index in [9.17, 15) is 9.18 Å². The van der Waals surface area contributed by atoms with Crippen molar-refractivity contribution >= 4 is 17.5 Å². The van der Waals surface area contributed by atoms with Crippen LogP contribution in [0.5, 0.6) is 0 Å². The number of halogens is 2. The lowest BCUT2D eigenvalue weighted by Crippen LogP contribution is -2.41. The van der Waals surface area contributed by atoms with Crippen LogP contribution in [0.25, 0.3) is 0 Å². The maximum atomic E-state index is 14.2. The highest BCUT2D eigenvalue weighted by atomic mass is 35.5. The molecule has 6 heteroatoms. The Kier molecular flexibility index (Phi) is 3.97. The standard InChI is InChI=1S/C21H21ClFN3O/c22-19-6-5-18(24-25-19)21-7-8-26(12-15(21)11-21)20(27)10-13-1-4-16(14-2-3-14)17(23)9-13/h1,4-6,9,14-15H,2-3,7-8,10-12H2. The molecular formula is C21H21ClFN3O. The van der Waals surface area contributed by atoms with Gasteiger partial charge in [0, 0.05) is 18.5 Å². The zero-order valence-electron chi connectivity index (χ0n) is 15.0. The summed E-state index contributed by atoms with van der Waals surface area (Å²) in [5.41, 5.74) is 2.61. The van der Waals surface area contributed by atoms with Crippen molar-refractivity contribution in [1.29, 1.82) is 0 Å².